The summed E-state index contributed by atoms with van der Waals surface area (Å²) in [6.45, 7) is 1.95. The third kappa shape index (κ3) is 4.41. The monoisotopic (exact) mass is 384 g/mol. The zero-order chi connectivity index (χ0) is 19.4. The molecule has 138 valence electrons. The van der Waals surface area contributed by atoms with E-state index in [0.717, 1.165) is 11.3 Å². The van der Waals surface area contributed by atoms with Crippen molar-refractivity contribution in [3.63, 3.8) is 0 Å². The Labute approximate surface area is 161 Å². The molecule has 1 aromatic heterocycles. The summed E-state index contributed by atoms with van der Waals surface area (Å²) in [4.78, 5) is 18.0. The number of nitrogens with zero attached hydrogens (tertiary/aromatic N) is 4. The van der Waals surface area contributed by atoms with E-state index in [1.165, 1.54) is 24.5 Å². The predicted molar refractivity (Wildman–Crippen MR) is 103 cm³/mol. The topological polar surface area (TPSA) is 51.0 Å². The second-order valence-corrected chi connectivity index (χ2v) is 6.47. The first-order valence-electron chi connectivity index (χ1n) is 8.30. The van der Waals surface area contributed by atoms with Gasteiger partial charge in [0.25, 0.3) is 0 Å². The van der Waals surface area contributed by atoms with Gasteiger partial charge in [-0.05, 0) is 48.4 Å². The molecule has 3 rings (SSSR count). The molecule has 0 saturated carbocycles. The van der Waals surface area contributed by atoms with Crippen LogP contribution in [-0.2, 0) is 4.79 Å². The van der Waals surface area contributed by atoms with E-state index in [1.807, 2.05) is 31.2 Å². The van der Waals surface area contributed by atoms with Gasteiger partial charge < -0.3 is 4.90 Å². The van der Waals surface area contributed by atoms with E-state index >= 15 is 0 Å². The number of carbonyl (C=O) groups excluding carboxylic acids is 1. The Kier molecular flexibility index (Phi) is 5.66. The van der Waals surface area contributed by atoms with Crippen LogP contribution in [0, 0.1) is 5.82 Å². The molecule has 3 aromatic rings. The van der Waals surface area contributed by atoms with Crippen molar-refractivity contribution in [1.82, 2.24) is 19.7 Å². The molecule has 1 amide bonds. The van der Waals surface area contributed by atoms with Crippen LogP contribution in [0.1, 0.15) is 24.1 Å². The number of hydrogen-bond acceptors (Lipinski definition) is 3. The van der Waals surface area contributed by atoms with Gasteiger partial charge in [0.2, 0.25) is 5.91 Å². The van der Waals surface area contributed by atoms with Crippen LogP contribution in [0.2, 0.25) is 5.02 Å². The third-order valence-electron chi connectivity index (χ3n) is 4.35. The summed E-state index contributed by atoms with van der Waals surface area (Å²) in [6, 6.07) is 12.0. The summed E-state index contributed by atoms with van der Waals surface area (Å²) < 4.78 is 14.9. The second kappa shape index (κ2) is 8.14. The maximum atomic E-state index is 13.2. The minimum atomic E-state index is -0.486. The molecule has 0 aliphatic carbocycles. The van der Waals surface area contributed by atoms with E-state index in [1.54, 1.807) is 35.1 Å². The Morgan fingerprint density at radius 3 is 2.63 bits per heavy atom. The van der Waals surface area contributed by atoms with Crippen molar-refractivity contribution in [3.05, 3.63) is 83.2 Å². The third-order valence-corrected chi connectivity index (χ3v) is 4.64. The first kappa shape index (κ1) is 18.8. The van der Waals surface area contributed by atoms with Crippen LogP contribution in [0.15, 0.2) is 61.2 Å². The van der Waals surface area contributed by atoms with E-state index in [4.69, 9.17) is 11.6 Å². The highest BCUT2D eigenvalue weighted by atomic mass is 35.5. The fraction of sp³-hybridized carbons (Fsp3) is 0.150. The minimum absolute atomic E-state index is 0.0267. The largest absolute Gasteiger partial charge is 0.335 e. The van der Waals surface area contributed by atoms with Crippen molar-refractivity contribution >= 4 is 23.6 Å². The van der Waals surface area contributed by atoms with Gasteiger partial charge in [0.05, 0.1) is 16.8 Å². The number of likely N-dealkylation sites (N-methyl/N-ethyl adjacent to an activating group) is 1. The van der Waals surface area contributed by atoms with Gasteiger partial charge in [-0.3, -0.25) is 4.79 Å². The van der Waals surface area contributed by atoms with E-state index in [2.05, 4.69) is 10.1 Å². The number of carbonyl (C=O) groups is 1. The summed E-state index contributed by atoms with van der Waals surface area (Å²) in [6.07, 6.45) is 6.17. The zero-order valence-electron chi connectivity index (χ0n) is 14.9. The molecule has 5 nitrogen and oxygen atoms in total. The molecule has 2 aromatic carbocycles. The molecule has 1 heterocycles. The Bertz CT molecular complexity index is 955. The van der Waals surface area contributed by atoms with Crippen molar-refractivity contribution in [3.8, 4) is 5.69 Å². The average molecular weight is 385 g/mol. The zero-order valence-corrected chi connectivity index (χ0v) is 15.6. The fourth-order valence-electron chi connectivity index (χ4n) is 2.56. The highest BCUT2D eigenvalue weighted by Gasteiger charge is 2.15. The maximum Gasteiger partial charge on any atom is 0.246 e. The van der Waals surface area contributed by atoms with Crippen molar-refractivity contribution in [2.24, 2.45) is 0 Å². The molecule has 7 heteroatoms. The van der Waals surface area contributed by atoms with Crippen LogP contribution < -0.4 is 0 Å². The molecule has 0 N–H and O–H groups in total. The first-order chi connectivity index (χ1) is 13.0. The second-order valence-electron chi connectivity index (χ2n) is 6.06. The van der Waals surface area contributed by atoms with Gasteiger partial charge in [-0.25, -0.2) is 14.1 Å². The lowest BCUT2D eigenvalue weighted by atomic mass is 10.1. The van der Waals surface area contributed by atoms with Gasteiger partial charge in [0.1, 0.15) is 18.5 Å². The fourth-order valence-corrected chi connectivity index (χ4v) is 2.75. The molecule has 0 fully saturated rings. The summed E-state index contributed by atoms with van der Waals surface area (Å²) in [7, 11) is 1.74. The molecule has 0 spiro atoms. The maximum absolute atomic E-state index is 13.2. The molecule has 27 heavy (non-hydrogen) atoms. The normalized spacial score (nSPS) is 12.3. The van der Waals surface area contributed by atoms with E-state index in [0.29, 0.717) is 5.56 Å². The lowest BCUT2D eigenvalue weighted by molar-refractivity contribution is -0.126. The molecule has 0 saturated heterocycles. The van der Waals surface area contributed by atoms with Gasteiger partial charge in [-0.2, -0.15) is 5.10 Å². The lowest BCUT2D eigenvalue weighted by Gasteiger charge is -2.24. The van der Waals surface area contributed by atoms with Crippen molar-refractivity contribution in [1.29, 1.82) is 0 Å². The molecule has 0 unspecified atom stereocenters. The van der Waals surface area contributed by atoms with Crippen molar-refractivity contribution < 1.29 is 9.18 Å². The van der Waals surface area contributed by atoms with Crippen LogP contribution in [0.25, 0.3) is 11.8 Å². The van der Waals surface area contributed by atoms with E-state index in [9.17, 15) is 9.18 Å². The Balaban J connectivity index is 1.68. The van der Waals surface area contributed by atoms with Crippen LogP contribution in [0.4, 0.5) is 4.39 Å². The van der Waals surface area contributed by atoms with Gasteiger partial charge in [0.15, 0.2) is 0 Å². The summed E-state index contributed by atoms with van der Waals surface area (Å²) in [5.41, 5.74) is 2.55. The molecule has 0 aliphatic rings. The lowest BCUT2D eigenvalue weighted by Crippen LogP contribution is -2.27. The summed E-state index contributed by atoms with van der Waals surface area (Å²) in [5.74, 6) is -0.650. The van der Waals surface area contributed by atoms with Gasteiger partial charge >= 0.3 is 0 Å². The SMILES string of the molecule is C[C@@H](c1ccc(-n2cncn2)cc1)N(C)C(=O)/C=C/c1ccc(F)c(Cl)c1. The molecule has 1 atom stereocenters. The van der Waals surface area contributed by atoms with Crippen LogP contribution in [0.5, 0.6) is 0 Å². The van der Waals surface area contributed by atoms with Crippen molar-refractivity contribution in [2.75, 3.05) is 7.05 Å². The van der Waals surface area contributed by atoms with Gasteiger partial charge in [0, 0.05) is 13.1 Å². The summed E-state index contributed by atoms with van der Waals surface area (Å²) in [5, 5.41) is 4.11. The first-order valence-corrected chi connectivity index (χ1v) is 8.68. The Hall–Kier alpha value is -2.99. The smallest absolute Gasteiger partial charge is 0.246 e. The Morgan fingerprint density at radius 2 is 2.00 bits per heavy atom. The van der Waals surface area contributed by atoms with Crippen LogP contribution >= 0.6 is 11.6 Å². The average Bonchev–Trinajstić information content (AvgIpc) is 3.22. The molecular weight excluding hydrogens is 367 g/mol. The molecule has 0 bridgehead atoms. The quantitative estimate of drug-likeness (QED) is 0.616. The van der Waals surface area contributed by atoms with Gasteiger partial charge in [-0.15, -0.1) is 0 Å². The van der Waals surface area contributed by atoms with Crippen molar-refractivity contribution in [2.45, 2.75) is 13.0 Å². The Morgan fingerprint density at radius 1 is 1.26 bits per heavy atom. The number of benzene rings is 2. The van der Waals surface area contributed by atoms with Crippen LogP contribution in [-0.4, -0.2) is 32.6 Å². The summed E-state index contributed by atoms with van der Waals surface area (Å²) >= 11 is 5.76. The highest BCUT2D eigenvalue weighted by Crippen LogP contribution is 2.21. The number of hydrogen-bond donors (Lipinski definition) is 0. The number of aromatic nitrogens is 3. The van der Waals surface area contributed by atoms with Gasteiger partial charge in [-0.1, -0.05) is 29.8 Å². The number of amides is 1. The van der Waals surface area contributed by atoms with E-state index < -0.39 is 5.82 Å². The number of rotatable bonds is 5. The highest BCUT2D eigenvalue weighted by molar-refractivity contribution is 6.30. The molecule has 0 aliphatic heterocycles. The molecular formula is C20H18ClFN4O. The minimum Gasteiger partial charge on any atom is -0.335 e. The van der Waals surface area contributed by atoms with E-state index in [-0.39, 0.29) is 17.0 Å². The molecule has 0 radical (unpaired) electrons. The van der Waals surface area contributed by atoms with Crippen LogP contribution in [0.3, 0.4) is 0 Å². The standard InChI is InChI=1S/C20H18ClFN4O/c1-14(16-5-7-17(8-6-16)26-13-23-12-24-26)25(2)20(27)10-4-15-3-9-19(22)18(21)11-15/h3-14H,1-2H3/b10-4+/t14-/m0/s1. The number of halogens is 2. The predicted octanol–water partition coefficient (Wildman–Crippen LogP) is 4.29.